The molecule has 4 heterocycles. The summed E-state index contributed by atoms with van der Waals surface area (Å²) < 4.78 is 27.9. The molecule has 4 aromatic heterocycles. The summed E-state index contributed by atoms with van der Waals surface area (Å²) in [6.07, 6.45) is 7.63. The van der Waals surface area contributed by atoms with Crippen molar-refractivity contribution in [2.75, 3.05) is 5.32 Å². The van der Waals surface area contributed by atoms with Gasteiger partial charge in [-0.25, -0.2) is 28.4 Å². The molecule has 1 saturated carbocycles. The molecule has 1 aliphatic carbocycles. The van der Waals surface area contributed by atoms with Gasteiger partial charge in [0.2, 0.25) is 0 Å². The maximum atomic E-state index is 12.4. The molecule has 0 radical (unpaired) electrons. The number of aryl methyl sites for hydroxylation is 1. The molecule has 0 atom stereocenters. The van der Waals surface area contributed by atoms with E-state index in [0.29, 0.717) is 35.9 Å². The molecular formula is C20H22N8O2S. The van der Waals surface area contributed by atoms with E-state index in [1.807, 2.05) is 13.0 Å². The minimum Gasteiger partial charge on any atom is -0.326 e. The number of aromatic nitrogens is 7. The number of imidazole rings is 1. The molecule has 5 rings (SSSR count). The quantitative estimate of drug-likeness (QED) is 0.488. The molecule has 4 aromatic rings. The first-order valence-electron chi connectivity index (χ1n) is 10.1. The normalized spacial score (nSPS) is 14.5. The summed E-state index contributed by atoms with van der Waals surface area (Å²) in [5.41, 5.74) is 2.36. The summed E-state index contributed by atoms with van der Waals surface area (Å²) in [4.78, 5) is 17.8. The van der Waals surface area contributed by atoms with Gasteiger partial charge in [0.25, 0.3) is 10.0 Å². The van der Waals surface area contributed by atoms with Crippen LogP contribution in [0.5, 0.6) is 0 Å². The van der Waals surface area contributed by atoms with Crippen molar-refractivity contribution >= 4 is 32.7 Å². The van der Waals surface area contributed by atoms with E-state index in [1.165, 1.54) is 12.4 Å². The number of rotatable bonds is 6. The molecule has 11 heteroatoms. The van der Waals surface area contributed by atoms with Crippen LogP contribution in [0.2, 0.25) is 0 Å². The zero-order valence-corrected chi connectivity index (χ0v) is 18.2. The van der Waals surface area contributed by atoms with E-state index in [-0.39, 0.29) is 11.3 Å². The Morgan fingerprint density at radius 3 is 2.68 bits per heavy atom. The summed E-state index contributed by atoms with van der Waals surface area (Å²) in [6, 6.07) is 3.94. The van der Waals surface area contributed by atoms with E-state index < -0.39 is 10.0 Å². The van der Waals surface area contributed by atoms with Gasteiger partial charge in [-0.15, -0.1) is 0 Å². The van der Waals surface area contributed by atoms with Crippen molar-refractivity contribution in [3.8, 4) is 11.4 Å². The third kappa shape index (κ3) is 3.54. The third-order valence-electron chi connectivity index (χ3n) is 5.21. The van der Waals surface area contributed by atoms with Crippen LogP contribution >= 0.6 is 0 Å². The molecule has 160 valence electrons. The molecule has 0 aromatic carbocycles. The minimum atomic E-state index is -3.43. The van der Waals surface area contributed by atoms with Crippen molar-refractivity contribution in [2.24, 2.45) is 0 Å². The van der Waals surface area contributed by atoms with E-state index in [2.05, 4.69) is 48.8 Å². The lowest BCUT2D eigenvalue weighted by Crippen LogP contribution is -2.17. The Hall–Kier alpha value is -3.34. The topological polar surface area (TPSA) is 120 Å². The highest BCUT2D eigenvalue weighted by molar-refractivity contribution is 7.90. The van der Waals surface area contributed by atoms with Gasteiger partial charge in [-0.05, 0) is 39.7 Å². The maximum Gasteiger partial charge on any atom is 0.256 e. The average molecular weight is 439 g/mol. The predicted molar refractivity (Wildman–Crippen MR) is 117 cm³/mol. The molecule has 0 spiro atoms. The highest BCUT2D eigenvalue weighted by Crippen LogP contribution is 2.30. The van der Waals surface area contributed by atoms with Gasteiger partial charge < -0.3 is 9.88 Å². The highest BCUT2D eigenvalue weighted by atomic mass is 32.2. The van der Waals surface area contributed by atoms with Crippen LogP contribution in [0.15, 0.2) is 36.9 Å². The van der Waals surface area contributed by atoms with Crippen molar-refractivity contribution in [1.82, 2.24) is 33.7 Å². The van der Waals surface area contributed by atoms with Gasteiger partial charge >= 0.3 is 0 Å². The van der Waals surface area contributed by atoms with E-state index in [4.69, 9.17) is 0 Å². The predicted octanol–water partition coefficient (Wildman–Crippen LogP) is 3.06. The fourth-order valence-corrected chi connectivity index (χ4v) is 5.09. The SMILES string of the molecule is Cc1nc2cnc(Nc3ccnc(-c4cnn(S(=O)(=O)C5CC5)c4)n3)cc2n1C(C)C. The van der Waals surface area contributed by atoms with Crippen LogP contribution < -0.4 is 5.32 Å². The molecule has 0 amide bonds. The van der Waals surface area contributed by atoms with Crippen LogP contribution in [0.4, 0.5) is 11.6 Å². The standard InChI is InChI=1S/C20H22N8O2S/c1-12(2)28-13(3)24-16-10-22-19(8-17(16)28)25-18-6-7-21-20(26-18)14-9-23-27(11-14)31(29,30)15-4-5-15/h6-12,15H,4-5H2,1-3H3,(H,21,22,25,26). The molecule has 10 nitrogen and oxygen atoms in total. The maximum absolute atomic E-state index is 12.4. The number of nitrogens with zero attached hydrogens (tertiary/aromatic N) is 7. The Labute approximate surface area is 179 Å². The lowest BCUT2D eigenvalue weighted by molar-refractivity contribution is 0.578. The van der Waals surface area contributed by atoms with Crippen LogP contribution in [-0.4, -0.2) is 47.4 Å². The molecule has 0 aliphatic heterocycles. The Morgan fingerprint density at radius 1 is 1.13 bits per heavy atom. The van der Waals surface area contributed by atoms with Gasteiger partial charge in [-0.3, -0.25) is 0 Å². The second-order valence-corrected chi connectivity index (χ2v) is 9.99. The van der Waals surface area contributed by atoms with E-state index in [1.54, 1.807) is 18.5 Å². The fraction of sp³-hybridized carbons (Fsp3) is 0.350. The lowest BCUT2D eigenvalue weighted by atomic mass is 10.3. The molecule has 0 saturated heterocycles. The lowest BCUT2D eigenvalue weighted by Gasteiger charge is -2.11. The van der Waals surface area contributed by atoms with Gasteiger partial charge in [0, 0.05) is 18.3 Å². The smallest absolute Gasteiger partial charge is 0.256 e. The van der Waals surface area contributed by atoms with Gasteiger partial charge in [-0.2, -0.15) is 9.19 Å². The molecule has 1 N–H and O–H groups in total. The van der Waals surface area contributed by atoms with Crippen molar-refractivity contribution in [2.45, 2.75) is 44.9 Å². The average Bonchev–Trinajstić information content (AvgIpc) is 3.37. The molecule has 0 unspecified atom stereocenters. The van der Waals surface area contributed by atoms with Crippen LogP contribution in [0.25, 0.3) is 22.4 Å². The zero-order chi connectivity index (χ0) is 21.8. The summed E-state index contributed by atoms with van der Waals surface area (Å²) in [5.74, 6) is 2.49. The van der Waals surface area contributed by atoms with E-state index in [9.17, 15) is 8.42 Å². The summed E-state index contributed by atoms with van der Waals surface area (Å²) in [7, 11) is -3.43. The second-order valence-electron chi connectivity index (χ2n) is 7.92. The summed E-state index contributed by atoms with van der Waals surface area (Å²) in [6.45, 7) is 6.21. The Balaban J connectivity index is 1.44. The Bertz CT molecular complexity index is 1390. The van der Waals surface area contributed by atoms with E-state index >= 15 is 0 Å². The number of fused-ring (bicyclic) bond motifs is 1. The number of hydrogen-bond donors (Lipinski definition) is 1. The second kappa shape index (κ2) is 7.12. The largest absolute Gasteiger partial charge is 0.326 e. The van der Waals surface area contributed by atoms with Crippen molar-refractivity contribution in [3.05, 3.63) is 42.7 Å². The van der Waals surface area contributed by atoms with Crippen molar-refractivity contribution < 1.29 is 8.42 Å². The van der Waals surface area contributed by atoms with Gasteiger partial charge in [-0.1, -0.05) is 0 Å². The van der Waals surface area contributed by atoms with Crippen molar-refractivity contribution in [3.63, 3.8) is 0 Å². The van der Waals surface area contributed by atoms with Crippen molar-refractivity contribution in [1.29, 1.82) is 0 Å². The first-order chi connectivity index (χ1) is 14.8. The van der Waals surface area contributed by atoms with Gasteiger partial charge in [0.1, 0.15) is 23.0 Å². The molecule has 31 heavy (non-hydrogen) atoms. The highest BCUT2D eigenvalue weighted by Gasteiger charge is 2.37. The van der Waals surface area contributed by atoms with Crippen LogP contribution in [0, 0.1) is 6.92 Å². The third-order valence-corrected chi connectivity index (χ3v) is 7.24. The molecule has 1 aliphatic rings. The number of anilines is 2. The minimum absolute atomic E-state index is 0.273. The number of pyridine rings is 1. The van der Waals surface area contributed by atoms with E-state index in [0.717, 1.165) is 20.9 Å². The van der Waals surface area contributed by atoms with Crippen LogP contribution in [-0.2, 0) is 10.0 Å². The Kier molecular flexibility index (Phi) is 4.50. The van der Waals surface area contributed by atoms with Crippen LogP contribution in [0.1, 0.15) is 38.6 Å². The first-order valence-corrected chi connectivity index (χ1v) is 11.6. The molecular weight excluding hydrogens is 416 g/mol. The summed E-state index contributed by atoms with van der Waals surface area (Å²) in [5, 5.41) is 6.87. The fourth-order valence-electron chi connectivity index (χ4n) is 3.62. The summed E-state index contributed by atoms with van der Waals surface area (Å²) >= 11 is 0. The first kappa shape index (κ1) is 19.6. The Morgan fingerprint density at radius 2 is 1.94 bits per heavy atom. The van der Waals surface area contributed by atoms with Crippen LogP contribution in [0.3, 0.4) is 0 Å². The van der Waals surface area contributed by atoms with Gasteiger partial charge in [0.15, 0.2) is 5.82 Å². The van der Waals surface area contributed by atoms with Gasteiger partial charge in [0.05, 0.1) is 34.9 Å². The number of hydrogen-bond acceptors (Lipinski definition) is 8. The molecule has 0 bridgehead atoms. The monoisotopic (exact) mass is 438 g/mol. The number of nitrogens with one attached hydrogen (secondary N) is 1. The zero-order valence-electron chi connectivity index (χ0n) is 17.4. The molecule has 1 fully saturated rings.